The summed E-state index contributed by atoms with van der Waals surface area (Å²) in [5.74, 6) is 0.142. The molecule has 3 aromatic rings. The van der Waals surface area contributed by atoms with Crippen LogP contribution in [0.4, 0.5) is 18.9 Å². The molecule has 1 aromatic carbocycles. The number of carbonyl (C=O) groups is 1. The fraction of sp³-hybridized carbons (Fsp3) is 0.227. The van der Waals surface area contributed by atoms with E-state index in [4.69, 9.17) is 4.74 Å². The third-order valence-corrected chi connectivity index (χ3v) is 4.95. The number of aromatic nitrogens is 2. The Balaban J connectivity index is 1.46. The molecule has 5 nitrogen and oxygen atoms in total. The Hall–Kier alpha value is -3.42. The monoisotopic (exact) mass is 413 g/mol. The summed E-state index contributed by atoms with van der Waals surface area (Å²) in [5.41, 5.74) is 2.04. The van der Waals surface area contributed by atoms with Gasteiger partial charge in [-0.1, -0.05) is 30.3 Å². The minimum atomic E-state index is -4.43. The second kappa shape index (κ2) is 8.14. The first-order valence-electron chi connectivity index (χ1n) is 9.39. The predicted octanol–water partition coefficient (Wildman–Crippen LogP) is 4.63. The van der Waals surface area contributed by atoms with Crippen molar-refractivity contribution in [3.05, 3.63) is 72.1 Å². The van der Waals surface area contributed by atoms with Crippen molar-refractivity contribution in [2.75, 3.05) is 18.0 Å². The van der Waals surface area contributed by atoms with E-state index in [2.05, 4.69) is 9.97 Å². The van der Waals surface area contributed by atoms with Gasteiger partial charge in [0, 0.05) is 36.4 Å². The van der Waals surface area contributed by atoms with E-state index in [9.17, 15) is 18.0 Å². The van der Waals surface area contributed by atoms with Gasteiger partial charge in [0.25, 0.3) is 0 Å². The van der Waals surface area contributed by atoms with Gasteiger partial charge in [0.15, 0.2) is 6.29 Å². The van der Waals surface area contributed by atoms with Crippen molar-refractivity contribution >= 4 is 12.0 Å². The van der Waals surface area contributed by atoms with Crippen molar-refractivity contribution in [2.24, 2.45) is 0 Å². The van der Waals surface area contributed by atoms with E-state index in [1.807, 2.05) is 35.2 Å². The maximum Gasteiger partial charge on any atom is 0.417 e. The number of halogens is 3. The molecule has 2 aromatic heterocycles. The van der Waals surface area contributed by atoms with Crippen molar-refractivity contribution in [2.45, 2.75) is 18.7 Å². The summed E-state index contributed by atoms with van der Waals surface area (Å²) in [6.07, 6.45) is -0.789. The van der Waals surface area contributed by atoms with Gasteiger partial charge < -0.3 is 9.64 Å². The highest BCUT2D eigenvalue weighted by atomic mass is 19.4. The van der Waals surface area contributed by atoms with Gasteiger partial charge in [0.1, 0.15) is 6.10 Å². The lowest BCUT2D eigenvalue weighted by Crippen LogP contribution is -2.25. The lowest BCUT2D eigenvalue weighted by molar-refractivity contribution is -0.137. The quantitative estimate of drug-likeness (QED) is 0.571. The molecule has 0 spiro atoms. The molecular weight excluding hydrogens is 395 g/mol. The van der Waals surface area contributed by atoms with Crippen LogP contribution in [0.2, 0.25) is 0 Å². The molecule has 1 fully saturated rings. The van der Waals surface area contributed by atoms with Crippen molar-refractivity contribution in [3.63, 3.8) is 0 Å². The molecule has 0 saturated carbocycles. The van der Waals surface area contributed by atoms with Gasteiger partial charge in [-0.15, -0.1) is 0 Å². The highest BCUT2D eigenvalue weighted by Crippen LogP contribution is 2.31. The molecule has 0 N–H and O–H groups in total. The molecule has 154 valence electrons. The second-order valence-corrected chi connectivity index (χ2v) is 6.97. The Morgan fingerprint density at radius 1 is 1.07 bits per heavy atom. The summed E-state index contributed by atoms with van der Waals surface area (Å²) in [7, 11) is 0. The Morgan fingerprint density at radius 3 is 2.53 bits per heavy atom. The fourth-order valence-corrected chi connectivity index (χ4v) is 3.42. The van der Waals surface area contributed by atoms with E-state index < -0.39 is 11.7 Å². The van der Waals surface area contributed by atoms with Gasteiger partial charge >= 0.3 is 6.18 Å². The summed E-state index contributed by atoms with van der Waals surface area (Å²) in [6, 6.07) is 13.5. The number of alkyl halides is 3. The minimum absolute atomic E-state index is 0.142. The summed E-state index contributed by atoms with van der Waals surface area (Å²) in [4.78, 5) is 21.9. The SMILES string of the molecule is O=Cc1cc(-c2ccccc2)ncc1N1CC[C@H](Oc2ccc(C(F)(F)F)cn2)C1. The van der Waals surface area contributed by atoms with E-state index in [1.165, 1.54) is 6.07 Å². The molecule has 3 heterocycles. The van der Waals surface area contributed by atoms with Crippen molar-refractivity contribution < 1.29 is 22.7 Å². The van der Waals surface area contributed by atoms with Gasteiger partial charge in [-0.05, 0) is 12.1 Å². The van der Waals surface area contributed by atoms with E-state index in [0.717, 1.165) is 24.1 Å². The molecule has 1 aliphatic rings. The molecule has 1 aliphatic heterocycles. The van der Waals surface area contributed by atoms with Crippen LogP contribution in [0.5, 0.6) is 5.88 Å². The van der Waals surface area contributed by atoms with Crippen LogP contribution < -0.4 is 9.64 Å². The van der Waals surface area contributed by atoms with E-state index in [1.54, 1.807) is 12.3 Å². The Bertz CT molecular complexity index is 1020. The first kappa shape index (κ1) is 19.9. The average Bonchev–Trinajstić information content (AvgIpc) is 3.22. The Morgan fingerprint density at radius 2 is 1.87 bits per heavy atom. The first-order chi connectivity index (χ1) is 14.4. The lowest BCUT2D eigenvalue weighted by atomic mass is 10.1. The summed E-state index contributed by atoms with van der Waals surface area (Å²) < 4.78 is 43.7. The van der Waals surface area contributed by atoms with Crippen LogP contribution >= 0.6 is 0 Å². The number of aldehydes is 1. The zero-order valence-electron chi connectivity index (χ0n) is 15.8. The summed E-state index contributed by atoms with van der Waals surface area (Å²) in [6.45, 7) is 1.12. The Labute approximate surface area is 171 Å². The molecule has 1 saturated heterocycles. The zero-order chi connectivity index (χ0) is 21.1. The van der Waals surface area contributed by atoms with Crippen LogP contribution in [0.3, 0.4) is 0 Å². The third kappa shape index (κ3) is 4.27. The average molecular weight is 413 g/mol. The smallest absolute Gasteiger partial charge is 0.417 e. The van der Waals surface area contributed by atoms with Crippen LogP contribution in [-0.2, 0) is 6.18 Å². The van der Waals surface area contributed by atoms with Crippen LogP contribution in [0.15, 0.2) is 60.9 Å². The largest absolute Gasteiger partial charge is 0.472 e. The van der Waals surface area contributed by atoms with Crippen molar-refractivity contribution in [3.8, 4) is 17.1 Å². The fourth-order valence-electron chi connectivity index (χ4n) is 3.42. The number of carbonyl (C=O) groups excluding carboxylic acids is 1. The van der Waals surface area contributed by atoms with E-state index in [0.29, 0.717) is 36.5 Å². The number of rotatable bonds is 5. The predicted molar refractivity (Wildman–Crippen MR) is 106 cm³/mol. The number of anilines is 1. The summed E-state index contributed by atoms with van der Waals surface area (Å²) >= 11 is 0. The molecule has 0 bridgehead atoms. The number of pyridine rings is 2. The number of nitrogens with zero attached hydrogens (tertiary/aromatic N) is 3. The van der Waals surface area contributed by atoms with E-state index in [-0.39, 0.29) is 12.0 Å². The van der Waals surface area contributed by atoms with E-state index >= 15 is 0 Å². The van der Waals surface area contributed by atoms with Gasteiger partial charge in [0.2, 0.25) is 5.88 Å². The molecule has 4 rings (SSSR count). The normalized spacial score (nSPS) is 16.5. The van der Waals surface area contributed by atoms with Crippen LogP contribution in [0.25, 0.3) is 11.3 Å². The topological polar surface area (TPSA) is 55.3 Å². The van der Waals surface area contributed by atoms with Gasteiger partial charge in [0.05, 0.1) is 29.7 Å². The summed E-state index contributed by atoms with van der Waals surface area (Å²) in [5, 5.41) is 0. The van der Waals surface area contributed by atoms with Crippen LogP contribution in [0.1, 0.15) is 22.3 Å². The molecular formula is C22H18F3N3O2. The lowest BCUT2D eigenvalue weighted by Gasteiger charge is -2.20. The molecule has 0 amide bonds. The number of benzene rings is 1. The molecule has 0 unspecified atom stereocenters. The zero-order valence-corrected chi connectivity index (χ0v) is 15.8. The number of hydrogen-bond donors (Lipinski definition) is 0. The highest BCUT2D eigenvalue weighted by molar-refractivity contribution is 5.86. The number of hydrogen-bond acceptors (Lipinski definition) is 5. The standard InChI is InChI=1S/C22H18F3N3O2/c23-22(24,25)17-6-7-21(27-11-17)30-18-8-9-28(13-18)20-12-26-19(10-16(20)14-29)15-4-2-1-3-5-15/h1-7,10-12,14,18H,8-9,13H2/t18-/m0/s1. The molecule has 30 heavy (non-hydrogen) atoms. The third-order valence-electron chi connectivity index (χ3n) is 4.95. The van der Waals surface area contributed by atoms with Crippen LogP contribution in [-0.4, -0.2) is 35.4 Å². The Kier molecular flexibility index (Phi) is 5.39. The minimum Gasteiger partial charge on any atom is -0.472 e. The number of ether oxygens (including phenoxy) is 1. The molecule has 0 radical (unpaired) electrons. The molecule has 0 aliphatic carbocycles. The van der Waals surface area contributed by atoms with Crippen molar-refractivity contribution in [1.29, 1.82) is 0 Å². The van der Waals surface area contributed by atoms with Gasteiger partial charge in [-0.2, -0.15) is 13.2 Å². The van der Waals surface area contributed by atoms with Gasteiger partial charge in [-0.3, -0.25) is 9.78 Å². The first-order valence-corrected chi connectivity index (χ1v) is 9.39. The van der Waals surface area contributed by atoms with Crippen LogP contribution in [0, 0.1) is 0 Å². The maximum atomic E-state index is 12.6. The second-order valence-electron chi connectivity index (χ2n) is 6.97. The molecule has 1 atom stereocenters. The molecule has 8 heteroatoms. The van der Waals surface area contributed by atoms with Gasteiger partial charge in [-0.25, -0.2) is 4.98 Å². The maximum absolute atomic E-state index is 12.6. The van der Waals surface area contributed by atoms with Crippen molar-refractivity contribution in [1.82, 2.24) is 9.97 Å². The highest BCUT2D eigenvalue weighted by Gasteiger charge is 2.31.